The predicted octanol–water partition coefficient (Wildman–Crippen LogP) is 4.65. The summed E-state index contributed by atoms with van der Waals surface area (Å²) in [6, 6.07) is 7.96. The summed E-state index contributed by atoms with van der Waals surface area (Å²) < 4.78 is 0. The Morgan fingerprint density at radius 3 is 2.14 bits per heavy atom. The van der Waals surface area contributed by atoms with Crippen molar-refractivity contribution in [3.63, 3.8) is 0 Å². The van der Waals surface area contributed by atoms with Crippen LogP contribution in [-0.2, 0) is 15.0 Å². The van der Waals surface area contributed by atoms with Crippen LogP contribution in [0, 0.1) is 23.2 Å². The zero-order valence-corrected chi connectivity index (χ0v) is 17.5. The van der Waals surface area contributed by atoms with Crippen molar-refractivity contribution in [2.24, 2.45) is 23.2 Å². The summed E-state index contributed by atoms with van der Waals surface area (Å²) in [6.45, 7) is 6.85. The van der Waals surface area contributed by atoms with E-state index in [-0.39, 0.29) is 22.6 Å². The average Bonchev–Trinajstić information content (AvgIpc) is 2.60. The topological polar surface area (TPSA) is 58.2 Å². The first-order valence-electron chi connectivity index (χ1n) is 10.9. The number of rotatable bonds is 5. The number of para-hydroxylation sites is 1. The fraction of sp³-hybridized carbons (Fsp3) is 0.667. The number of amides is 2. The highest BCUT2D eigenvalue weighted by molar-refractivity contribution is 5.92. The monoisotopic (exact) mass is 382 g/mol. The molecule has 4 nitrogen and oxygen atoms in total. The van der Waals surface area contributed by atoms with Gasteiger partial charge in [0.15, 0.2) is 0 Å². The molecule has 2 amide bonds. The number of hydrogen-bond acceptors (Lipinski definition) is 2. The molecule has 0 atom stereocenters. The Kier molecular flexibility index (Phi) is 5.01. The third-order valence-corrected chi connectivity index (χ3v) is 7.17. The van der Waals surface area contributed by atoms with E-state index in [1.54, 1.807) is 0 Å². The van der Waals surface area contributed by atoms with E-state index in [0.29, 0.717) is 13.0 Å². The summed E-state index contributed by atoms with van der Waals surface area (Å²) in [6.07, 6.45) is 7.52. The van der Waals surface area contributed by atoms with E-state index in [1.807, 2.05) is 18.2 Å². The minimum atomic E-state index is -0.135. The van der Waals surface area contributed by atoms with Crippen molar-refractivity contribution < 1.29 is 9.59 Å². The molecule has 4 fully saturated rings. The molecule has 0 saturated heterocycles. The van der Waals surface area contributed by atoms with E-state index in [4.69, 9.17) is 0 Å². The molecule has 4 saturated carbocycles. The summed E-state index contributed by atoms with van der Waals surface area (Å²) in [5.74, 6) is 2.44. The zero-order valence-electron chi connectivity index (χ0n) is 17.5. The van der Waals surface area contributed by atoms with Crippen LogP contribution in [0.4, 0.5) is 5.69 Å². The van der Waals surface area contributed by atoms with Crippen molar-refractivity contribution >= 4 is 17.5 Å². The normalized spacial score (nSPS) is 30.9. The molecular weight excluding hydrogens is 348 g/mol. The lowest BCUT2D eigenvalue weighted by Gasteiger charge is -2.55. The molecule has 2 N–H and O–H groups in total. The van der Waals surface area contributed by atoms with Gasteiger partial charge in [-0.2, -0.15) is 0 Å². The van der Waals surface area contributed by atoms with E-state index in [1.165, 1.54) is 19.3 Å². The van der Waals surface area contributed by atoms with Crippen LogP contribution in [0.3, 0.4) is 0 Å². The van der Waals surface area contributed by atoms with Crippen LogP contribution in [0.2, 0.25) is 0 Å². The maximum absolute atomic E-state index is 13.0. The lowest BCUT2D eigenvalue weighted by molar-refractivity contribution is -0.146. The van der Waals surface area contributed by atoms with Crippen LogP contribution in [0.5, 0.6) is 0 Å². The SMILES string of the molecule is CC(C)(C)c1ccccc1NC(=O)CCNC(=O)C12CC3CC(CC(C3)C1)C2. The second-order valence-corrected chi connectivity index (χ2v) is 10.5. The summed E-state index contributed by atoms with van der Waals surface area (Å²) in [4.78, 5) is 25.4. The maximum atomic E-state index is 13.0. The summed E-state index contributed by atoms with van der Waals surface area (Å²) in [7, 11) is 0. The molecule has 1 aromatic rings. The van der Waals surface area contributed by atoms with E-state index < -0.39 is 0 Å². The molecule has 4 aliphatic carbocycles. The number of nitrogens with one attached hydrogen (secondary N) is 2. The quantitative estimate of drug-likeness (QED) is 0.779. The molecule has 4 heteroatoms. The van der Waals surface area contributed by atoms with Gasteiger partial charge in [-0.1, -0.05) is 39.0 Å². The molecule has 152 valence electrons. The van der Waals surface area contributed by atoms with E-state index in [0.717, 1.165) is 48.3 Å². The first kappa shape index (κ1) is 19.5. The molecule has 4 aliphatic rings. The Morgan fingerprint density at radius 1 is 1.00 bits per heavy atom. The summed E-state index contributed by atoms with van der Waals surface area (Å²) in [5.41, 5.74) is 1.83. The Balaban J connectivity index is 1.30. The fourth-order valence-electron chi connectivity index (χ4n) is 6.32. The lowest BCUT2D eigenvalue weighted by atomic mass is 9.49. The van der Waals surface area contributed by atoms with Crippen LogP contribution < -0.4 is 10.6 Å². The van der Waals surface area contributed by atoms with Gasteiger partial charge in [0.2, 0.25) is 11.8 Å². The van der Waals surface area contributed by atoms with Gasteiger partial charge < -0.3 is 10.6 Å². The maximum Gasteiger partial charge on any atom is 0.226 e. The van der Waals surface area contributed by atoms with E-state index in [9.17, 15) is 9.59 Å². The Morgan fingerprint density at radius 2 is 1.57 bits per heavy atom. The Labute approximate surface area is 168 Å². The standard InChI is InChI=1S/C24H34N2O2/c1-23(2,3)19-6-4-5-7-20(19)26-21(27)8-9-25-22(28)24-13-16-10-17(14-24)12-18(11-16)15-24/h4-7,16-18H,8-15H2,1-3H3,(H,25,28)(H,26,27). The van der Waals surface area contributed by atoms with Crippen molar-refractivity contribution in [3.8, 4) is 0 Å². The molecule has 0 spiro atoms. The molecule has 4 bridgehead atoms. The third-order valence-electron chi connectivity index (χ3n) is 7.17. The van der Waals surface area contributed by atoms with Crippen molar-refractivity contribution in [1.82, 2.24) is 5.32 Å². The van der Waals surface area contributed by atoms with Gasteiger partial charge in [0.1, 0.15) is 0 Å². The van der Waals surface area contributed by atoms with Gasteiger partial charge >= 0.3 is 0 Å². The van der Waals surface area contributed by atoms with Gasteiger partial charge in [-0.15, -0.1) is 0 Å². The molecule has 0 heterocycles. The molecule has 0 unspecified atom stereocenters. The summed E-state index contributed by atoms with van der Waals surface area (Å²) in [5, 5.41) is 6.14. The number of carbonyl (C=O) groups is 2. The zero-order chi connectivity index (χ0) is 19.9. The smallest absolute Gasteiger partial charge is 0.226 e. The minimum Gasteiger partial charge on any atom is -0.355 e. The van der Waals surface area contributed by atoms with Crippen molar-refractivity contribution in [1.29, 1.82) is 0 Å². The van der Waals surface area contributed by atoms with Crippen LogP contribution in [-0.4, -0.2) is 18.4 Å². The van der Waals surface area contributed by atoms with Crippen LogP contribution in [0.1, 0.15) is 71.3 Å². The number of anilines is 1. The molecule has 0 aromatic heterocycles. The fourth-order valence-corrected chi connectivity index (χ4v) is 6.32. The van der Waals surface area contributed by atoms with Gasteiger partial charge in [0, 0.05) is 24.1 Å². The number of carbonyl (C=O) groups excluding carboxylic acids is 2. The first-order valence-corrected chi connectivity index (χ1v) is 10.9. The van der Waals surface area contributed by atoms with Gasteiger partial charge in [-0.05, 0) is 73.3 Å². The highest BCUT2D eigenvalue weighted by Crippen LogP contribution is 2.60. The van der Waals surface area contributed by atoms with Gasteiger partial charge in [-0.3, -0.25) is 9.59 Å². The molecule has 1 aromatic carbocycles. The van der Waals surface area contributed by atoms with Gasteiger partial charge in [0.25, 0.3) is 0 Å². The number of benzene rings is 1. The second-order valence-electron chi connectivity index (χ2n) is 10.5. The molecule has 0 aliphatic heterocycles. The van der Waals surface area contributed by atoms with Crippen molar-refractivity contribution in [3.05, 3.63) is 29.8 Å². The Bertz CT molecular complexity index is 727. The van der Waals surface area contributed by atoms with Crippen molar-refractivity contribution in [2.45, 2.75) is 71.1 Å². The molecular formula is C24H34N2O2. The molecule has 0 radical (unpaired) electrons. The van der Waals surface area contributed by atoms with E-state index in [2.05, 4.69) is 37.5 Å². The molecule has 28 heavy (non-hydrogen) atoms. The predicted molar refractivity (Wildman–Crippen MR) is 112 cm³/mol. The first-order chi connectivity index (χ1) is 13.2. The van der Waals surface area contributed by atoms with Crippen LogP contribution in [0.15, 0.2) is 24.3 Å². The largest absolute Gasteiger partial charge is 0.355 e. The highest BCUT2D eigenvalue weighted by Gasteiger charge is 2.54. The van der Waals surface area contributed by atoms with Crippen LogP contribution >= 0.6 is 0 Å². The Hall–Kier alpha value is -1.84. The average molecular weight is 383 g/mol. The minimum absolute atomic E-state index is 0.0312. The van der Waals surface area contributed by atoms with E-state index >= 15 is 0 Å². The van der Waals surface area contributed by atoms with Crippen LogP contribution in [0.25, 0.3) is 0 Å². The lowest BCUT2D eigenvalue weighted by Crippen LogP contribution is -2.53. The number of hydrogen-bond donors (Lipinski definition) is 2. The highest BCUT2D eigenvalue weighted by atomic mass is 16.2. The third kappa shape index (κ3) is 3.83. The second kappa shape index (κ2) is 7.20. The van der Waals surface area contributed by atoms with Gasteiger partial charge in [-0.25, -0.2) is 0 Å². The molecule has 5 rings (SSSR count). The summed E-state index contributed by atoms with van der Waals surface area (Å²) >= 11 is 0. The van der Waals surface area contributed by atoms with Crippen molar-refractivity contribution in [2.75, 3.05) is 11.9 Å². The van der Waals surface area contributed by atoms with Gasteiger partial charge in [0.05, 0.1) is 0 Å².